The van der Waals surface area contributed by atoms with Gasteiger partial charge in [-0.25, -0.2) is 23.0 Å². The van der Waals surface area contributed by atoms with Gasteiger partial charge in [0.1, 0.15) is 39.0 Å². The average Bonchev–Trinajstić information content (AvgIpc) is 3.66. The van der Waals surface area contributed by atoms with Gasteiger partial charge in [-0.1, -0.05) is 47.6 Å². The van der Waals surface area contributed by atoms with Crippen molar-refractivity contribution >= 4 is 57.1 Å². The van der Waals surface area contributed by atoms with E-state index in [2.05, 4.69) is 20.6 Å². The smallest absolute Gasteiger partial charge is 0.255 e. The molecule has 2 aromatic carbocycles. The molecular formula is C30H41F2N5O5S3. The molecule has 4 rings (SSSR count). The monoisotopic (exact) mass is 685 g/mol. The van der Waals surface area contributed by atoms with Crippen LogP contribution in [0.3, 0.4) is 0 Å². The molecule has 1 atom stereocenters. The predicted molar refractivity (Wildman–Crippen MR) is 182 cm³/mol. The summed E-state index contributed by atoms with van der Waals surface area (Å²) in [6.07, 6.45) is 0. The summed E-state index contributed by atoms with van der Waals surface area (Å²) in [6.45, 7) is 15.1. The first-order valence-corrected chi connectivity index (χ1v) is 16.9. The zero-order valence-electron chi connectivity index (χ0n) is 26.8. The number of halogens is 2. The quantitative estimate of drug-likeness (QED) is 0.144. The Labute approximate surface area is 273 Å². The van der Waals surface area contributed by atoms with Gasteiger partial charge in [-0.3, -0.25) is 9.59 Å². The first-order chi connectivity index (χ1) is 21.5. The Bertz CT molecular complexity index is 1520. The third kappa shape index (κ3) is 13.4. The zero-order valence-corrected chi connectivity index (χ0v) is 29.2. The molecule has 0 saturated heterocycles. The number of carbonyl (C=O) groups is 2. The Kier molecular flexibility index (Phi) is 20.0. The molecule has 248 valence electrons. The van der Waals surface area contributed by atoms with E-state index in [0.717, 1.165) is 11.1 Å². The Balaban J connectivity index is 0.00000118. The zero-order chi connectivity index (χ0) is 34.7. The number of nitrogen functional groups attached to an aromatic ring is 1. The first kappa shape index (κ1) is 41.2. The van der Waals surface area contributed by atoms with E-state index in [1.165, 1.54) is 48.8 Å². The standard InChI is InChI=1S/C21H16F2N4O2S2.C3H7NO3S.3C2H6/c1-10-25-19(24)18(31-10)21-27-17(9-30-21)13-7-16(15(23)8-14(13)22)26-20(28)11-4-3-5-12(6-11)29-2;1-3(5)4-2-8(6)7;3*1-2/h3-9H,24H2,1-2H3,(H,26,28);2H2,1H3,(H,4,5)(H,6,7);3*1-2H3. The molecule has 0 fully saturated rings. The lowest BCUT2D eigenvalue weighted by Gasteiger charge is -2.10. The van der Waals surface area contributed by atoms with Gasteiger partial charge in [0, 0.05) is 29.5 Å². The first-order valence-electron chi connectivity index (χ1n) is 13.9. The minimum absolute atomic E-state index is 0.0599. The number of aryl methyl sites for hydroxylation is 1. The van der Waals surface area contributed by atoms with Crippen LogP contribution in [0.2, 0.25) is 0 Å². The number of nitrogens with one attached hydrogen (secondary N) is 2. The number of anilines is 2. The summed E-state index contributed by atoms with van der Waals surface area (Å²) in [6, 6.07) is 8.36. The maximum atomic E-state index is 14.5. The lowest BCUT2D eigenvalue weighted by Crippen LogP contribution is -2.23. The Morgan fingerprint density at radius 3 is 2.20 bits per heavy atom. The van der Waals surface area contributed by atoms with Crippen LogP contribution in [0.5, 0.6) is 5.75 Å². The Hall–Kier alpha value is -3.79. The fourth-order valence-electron chi connectivity index (χ4n) is 3.06. The number of nitrogens with zero attached hydrogens (tertiary/aromatic N) is 2. The summed E-state index contributed by atoms with van der Waals surface area (Å²) >= 11 is 0.744. The molecule has 0 aliphatic carbocycles. The van der Waals surface area contributed by atoms with Gasteiger partial charge in [-0.2, -0.15) is 0 Å². The number of methoxy groups -OCH3 is 1. The molecule has 2 heterocycles. The van der Waals surface area contributed by atoms with Crippen LogP contribution >= 0.6 is 22.7 Å². The number of thiazole rings is 2. The Morgan fingerprint density at radius 2 is 1.69 bits per heavy atom. The molecule has 2 amide bonds. The van der Waals surface area contributed by atoms with Gasteiger partial charge in [-0.05, 0) is 31.2 Å². The minimum atomic E-state index is -1.92. The van der Waals surface area contributed by atoms with Crippen molar-refractivity contribution < 1.29 is 31.9 Å². The van der Waals surface area contributed by atoms with Crippen molar-refractivity contribution in [2.24, 2.45) is 0 Å². The number of hydrogen-bond donors (Lipinski definition) is 4. The van der Waals surface area contributed by atoms with Crippen molar-refractivity contribution in [2.75, 3.05) is 24.0 Å². The van der Waals surface area contributed by atoms with E-state index in [1.54, 1.807) is 23.6 Å². The van der Waals surface area contributed by atoms with Gasteiger partial charge >= 0.3 is 0 Å². The highest BCUT2D eigenvalue weighted by atomic mass is 32.2. The highest BCUT2D eigenvalue weighted by Gasteiger charge is 2.19. The second kappa shape index (κ2) is 21.8. The third-order valence-corrected chi connectivity index (χ3v) is 7.19. The van der Waals surface area contributed by atoms with E-state index in [-0.39, 0.29) is 28.6 Å². The molecule has 0 spiro atoms. The largest absolute Gasteiger partial charge is 0.497 e. The summed E-state index contributed by atoms with van der Waals surface area (Å²) in [5.41, 5.74) is 6.39. The maximum absolute atomic E-state index is 14.5. The van der Waals surface area contributed by atoms with E-state index >= 15 is 0 Å². The molecule has 0 bridgehead atoms. The Morgan fingerprint density at radius 1 is 1.04 bits per heavy atom. The van der Waals surface area contributed by atoms with Gasteiger partial charge < -0.3 is 25.7 Å². The lowest BCUT2D eigenvalue weighted by atomic mass is 10.1. The number of rotatable bonds is 7. The van der Waals surface area contributed by atoms with Gasteiger partial charge in [-0.15, -0.1) is 22.7 Å². The lowest BCUT2D eigenvalue weighted by molar-refractivity contribution is -0.118. The average molecular weight is 686 g/mol. The number of benzene rings is 2. The number of aromatic nitrogens is 2. The van der Waals surface area contributed by atoms with Crippen molar-refractivity contribution in [3.63, 3.8) is 0 Å². The van der Waals surface area contributed by atoms with E-state index in [0.29, 0.717) is 27.1 Å². The van der Waals surface area contributed by atoms with Crippen LogP contribution in [-0.4, -0.2) is 43.5 Å². The van der Waals surface area contributed by atoms with Crippen molar-refractivity contribution in [3.8, 4) is 26.9 Å². The molecule has 0 aliphatic rings. The summed E-state index contributed by atoms with van der Waals surface area (Å²) in [4.78, 5) is 31.8. The SMILES string of the molecule is CC.CC.CC.CC(=O)NCS(=O)O.COc1cccc(C(=O)Nc2cc(-c3csc(-c4sc(C)nc4N)n3)c(F)cc2F)c1. The number of hydrogen-bond acceptors (Lipinski definition) is 9. The van der Waals surface area contributed by atoms with Crippen LogP contribution in [0.1, 0.15) is 63.8 Å². The third-order valence-electron chi connectivity index (χ3n) is 4.82. The van der Waals surface area contributed by atoms with Crippen molar-refractivity contribution in [1.82, 2.24) is 15.3 Å². The molecule has 45 heavy (non-hydrogen) atoms. The fourth-order valence-corrected chi connectivity index (χ4v) is 5.15. The normalized spacial score (nSPS) is 10.1. The second-order valence-corrected chi connectivity index (χ2v) is 10.7. The molecule has 2 aromatic heterocycles. The van der Waals surface area contributed by atoms with Crippen molar-refractivity contribution in [3.05, 3.63) is 64.0 Å². The highest BCUT2D eigenvalue weighted by Crippen LogP contribution is 2.37. The number of carbonyl (C=O) groups excluding carboxylic acids is 2. The van der Waals surface area contributed by atoms with Gasteiger partial charge in [0.25, 0.3) is 5.91 Å². The molecule has 0 aliphatic heterocycles. The molecule has 15 heteroatoms. The maximum Gasteiger partial charge on any atom is 0.255 e. The number of nitrogens with two attached hydrogens (primary N) is 1. The number of ether oxygens (including phenoxy) is 1. The molecule has 4 aromatic rings. The molecule has 10 nitrogen and oxygen atoms in total. The topological polar surface area (TPSA) is 157 Å². The van der Waals surface area contributed by atoms with E-state index in [4.69, 9.17) is 15.0 Å². The summed E-state index contributed by atoms with van der Waals surface area (Å²) < 4.78 is 51.9. The van der Waals surface area contributed by atoms with Crippen molar-refractivity contribution in [2.45, 2.75) is 55.4 Å². The molecule has 0 saturated carbocycles. The predicted octanol–water partition coefficient (Wildman–Crippen LogP) is 7.74. The summed E-state index contributed by atoms with van der Waals surface area (Å²) in [7, 11) is 1.48. The molecule has 1 unspecified atom stereocenters. The summed E-state index contributed by atoms with van der Waals surface area (Å²) in [5, 5.41) is 7.66. The van der Waals surface area contributed by atoms with E-state index < -0.39 is 28.6 Å². The van der Waals surface area contributed by atoms with Crippen LogP contribution in [0.4, 0.5) is 20.3 Å². The van der Waals surface area contributed by atoms with E-state index in [9.17, 15) is 22.6 Å². The van der Waals surface area contributed by atoms with Crippen LogP contribution in [0.15, 0.2) is 41.8 Å². The second-order valence-electron chi connectivity index (χ2n) is 7.68. The highest BCUT2D eigenvalue weighted by molar-refractivity contribution is 7.79. The minimum Gasteiger partial charge on any atom is -0.497 e. The van der Waals surface area contributed by atoms with Gasteiger partial charge in [0.05, 0.1) is 23.5 Å². The molecular weight excluding hydrogens is 645 g/mol. The fraction of sp³-hybridized carbons (Fsp3) is 0.333. The van der Waals surface area contributed by atoms with Gasteiger partial charge in [0.2, 0.25) is 5.91 Å². The van der Waals surface area contributed by atoms with Crippen molar-refractivity contribution in [1.29, 1.82) is 0 Å². The van der Waals surface area contributed by atoms with E-state index in [1.807, 2.05) is 48.5 Å². The van der Waals surface area contributed by atoms with Gasteiger partial charge in [0.15, 0.2) is 11.1 Å². The molecule has 0 radical (unpaired) electrons. The number of amides is 2. The van der Waals surface area contributed by atoms with Crippen LogP contribution < -0.4 is 21.1 Å². The van der Waals surface area contributed by atoms with Crippen LogP contribution in [0, 0.1) is 18.6 Å². The van der Waals surface area contributed by atoms with Crippen LogP contribution in [-0.2, 0) is 15.9 Å². The molecule has 5 N–H and O–H groups in total. The summed E-state index contributed by atoms with van der Waals surface area (Å²) in [5.74, 6) is -1.88. The van der Waals surface area contributed by atoms with Crippen LogP contribution in [0.25, 0.3) is 21.1 Å².